The molecule has 3 rings (SSSR count). The number of amides is 2. The summed E-state index contributed by atoms with van der Waals surface area (Å²) in [4.78, 5) is 37.6. The molecular formula is C17H21N5O2S. The molecule has 0 unspecified atom stereocenters. The molecule has 1 aliphatic heterocycles. The molecule has 1 aliphatic rings. The molecule has 8 heteroatoms. The number of rotatable bonds is 4. The number of likely N-dealkylation sites (N-methyl/N-ethyl adjacent to an activating group) is 1. The number of hydrogen-bond acceptors (Lipinski definition) is 6. The first-order chi connectivity index (χ1) is 12.1. The Hall–Kier alpha value is -2.32. The largest absolute Gasteiger partial charge is 0.358 e. The van der Waals surface area contributed by atoms with Crippen LogP contribution in [0.4, 0.5) is 0 Å². The smallest absolute Gasteiger partial charge is 0.265 e. The van der Waals surface area contributed by atoms with E-state index in [0.29, 0.717) is 37.6 Å². The van der Waals surface area contributed by atoms with Gasteiger partial charge >= 0.3 is 0 Å². The third-order valence-electron chi connectivity index (χ3n) is 4.18. The molecule has 0 saturated carbocycles. The van der Waals surface area contributed by atoms with Crippen LogP contribution in [0.25, 0.3) is 10.7 Å². The molecule has 1 N–H and O–H groups in total. The molecule has 2 amide bonds. The van der Waals surface area contributed by atoms with Gasteiger partial charge in [-0.25, -0.2) is 4.98 Å². The van der Waals surface area contributed by atoms with Crippen molar-refractivity contribution in [3.8, 4) is 10.7 Å². The fourth-order valence-corrected chi connectivity index (χ4v) is 3.74. The number of carbonyl (C=O) groups is 2. The van der Waals surface area contributed by atoms with Crippen molar-refractivity contribution in [1.29, 1.82) is 0 Å². The van der Waals surface area contributed by atoms with E-state index >= 15 is 0 Å². The minimum absolute atomic E-state index is 0.00178. The zero-order valence-electron chi connectivity index (χ0n) is 14.4. The van der Waals surface area contributed by atoms with Crippen molar-refractivity contribution in [2.45, 2.75) is 6.92 Å². The van der Waals surface area contributed by atoms with Crippen molar-refractivity contribution in [1.82, 2.24) is 25.1 Å². The summed E-state index contributed by atoms with van der Waals surface area (Å²) in [5.74, 6) is 0.00912. The molecule has 0 aliphatic carbocycles. The fourth-order valence-electron chi connectivity index (χ4n) is 2.73. The number of aromatic nitrogens is 2. The lowest BCUT2D eigenvalue weighted by Gasteiger charge is -2.34. The maximum Gasteiger partial charge on any atom is 0.265 e. The molecule has 0 radical (unpaired) electrons. The first-order valence-electron chi connectivity index (χ1n) is 8.19. The van der Waals surface area contributed by atoms with Crippen LogP contribution in [0.1, 0.15) is 15.4 Å². The van der Waals surface area contributed by atoms with Gasteiger partial charge in [0.15, 0.2) is 0 Å². The quantitative estimate of drug-likeness (QED) is 0.882. The maximum absolute atomic E-state index is 12.8. The van der Waals surface area contributed by atoms with Crippen molar-refractivity contribution in [3.05, 3.63) is 35.0 Å². The van der Waals surface area contributed by atoms with Crippen LogP contribution in [0, 0.1) is 6.92 Å². The molecule has 0 atom stereocenters. The van der Waals surface area contributed by atoms with Crippen molar-refractivity contribution < 1.29 is 9.59 Å². The lowest BCUT2D eigenvalue weighted by atomic mass is 10.2. The van der Waals surface area contributed by atoms with Crippen LogP contribution < -0.4 is 5.32 Å². The van der Waals surface area contributed by atoms with E-state index in [-0.39, 0.29) is 11.8 Å². The highest BCUT2D eigenvalue weighted by molar-refractivity contribution is 7.17. The second kappa shape index (κ2) is 7.71. The summed E-state index contributed by atoms with van der Waals surface area (Å²) in [6, 6.07) is 5.66. The van der Waals surface area contributed by atoms with Gasteiger partial charge in [-0.15, -0.1) is 11.3 Å². The highest BCUT2D eigenvalue weighted by Crippen LogP contribution is 2.27. The Kier molecular flexibility index (Phi) is 5.40. The van der Waals surface area contributed by atoms with Crippen LogP contribution >= 0.6 is 11.3 Å². The molecule has 1 saturated heterocycles. The van der Waals surface area contributed by atoms with E-state index in [9.17, 15) is 9.59 Å². The summed E-state index contributed by atoms with van der Waals surface area (Å²) in [7, 11) is 1.63. The van der Waals surface area contributed by atoms with Gasteiger partial charge < -0.3 is 10.2 Å². The van der Waals surface area contributed by atoms with Gasteiger partial charge in [-0.2, -0.15) is 0 Å². The Morgan fingerprint density at radius 3 is 2.64 bits per heavy atom. The van der Waals surface area contributed by atoms with Crippen LogP contribution in [-0.2, 0) is 4.79 Å². The van der Waals surface area contributed by atoms with Gasteiger partial charge in [-0.1, -0.05) is 6.07 Å². The van der Waals surface area contributed by atoms with Crippen LogP contribution in [0.3, 0.4) is 0 Å². The van der Waals surface area contributed by atoms with E-state index in [1.807, 2.05) is 30.0 Å². The Bertz CT molecular complexity index is 754. The second-order valence-electron chi connectivity index (χ2n) is 5.89. The SMILES string of the molecule is CNC(=O)CN1CCN(C(=O)c2sc(-c3ccccn3)nc2C)CC1. The highest BCUT2D eigenvalue weighted by atomic mass is 32.1. The molecule has 132 valence electrons. The van der Waals surface area contributed by atoms with E-state index in [1.165, 1.54) is 11.3 Å². The number of nitrogens with zero attached hydrogens (tertiary/aromatic N) is 4. The predicted molar refractivity (Wildman–Crippen MR) is 96.5 cm³/mol. The van der Waals surface area contributed by atoms with E-state index in [4.69, 9.17) is 0 Å². The molecule has 1 fully saturated rings. The van der Waals surface area contributed by atoms with Crippen molar-refractivity contribution >= 4 is 23.2 Å². The number of nitrogens with one attached hydrogen (secondary N) is 1. The average molecular weight is 359 g/mol. The van der Waals surface area contributed by atoms with Crippen molar-refractivity contribution in [2.24, 2.45) is 0 Å². The Morgan fingerprint density at radius 1 is 1.24 bits per heavy atom. The normalized spacial score (nSPS) is 15.2. The van der Waals surface area contributed by atoms with Gasteiger partial charge in [0.25, 0.3) is 5.91 Å². The number of carbonyl (C=O) groups excluding carboxylic acids is 2. The molecular weight excluding hydrogens is 338 g/mol. The zero-order valence-corrected chi connectivity index (χ0v) is 15.2. The molecule has 0 bridgehead atoms. The Morgan fingerprint density at radius 2 is 2.00 bits per heavy atom. The summed E-state index contributed by atoms with van der Waals surface area (Å²) in [5, 5.41) is 3.39. The minimum atomic E-state index is -0.00178. The van der Waals surface area contributed by atoms with E-state index in [0.717, 1.165) is 16.4 Å². The van der Waals surface area contributed by atoms with Gasteiger partial charge in [0.05, 0.1) is 17.9 Å². The molecule has 3 heterocycles. The third kappa shape index (κ3) is 4.02. The highest BCUT2D eigenvalue weighted by Gasteiger charge is 2.26. The van der Waals surface area contributed by atoms with Gasteiger partial charge in [0.2, 0.25) is 5.91 Å². The van der Waals surface area contributed by atoms with Crippen molar-refractivity contribution in [2.75, 3.05) is 39.8 Å². The Balaban J connectivity index is 1.66. The lowest BCUT2D eigenvalue weighted by molar-refractivity contribution is -0.122. The number of thiazole rings is 1. The van der Waals surface area contributed by atoms with Crippen molar-refractivity contribution in [3.63, 3.8) is 0 Å². The third-order valence-corrected chi connectivity index (χ3v) is 5.35. The van der Waals surface area contributed by atoms with Crippen LogP contribution in [0.5, 0.6) is 0 Å². The van der Waals surface area contributed by atoms with Crippen LogP contribution in [0.15, 0.2) is 24.4 Å². The summed E-state index contributed by atoms with van der Waals surface area (Å²) in [5.41, 5.74) is 1.52. The zero-order chi connectivity index (χ0) is 17.8. The maximum atomic E-state index is 12.8. The van der Waals surface area contributed by atoms with Crippen LogP contribution in [-0.4, -0.2) is 71.4 Å². The first kappa shape index (κ1) is 17.5. The topological polar surface area (TPSA) is 78.4 Å². The Labute approximate surface area is 150 Å². The van der Waals surface area contributed by atoms with Crippen LogP contribution in [0.2, 0.25) is 0 Å². The van der Waals surface area contributed by atoms with Gasteiger partial charge in [-0.05, 0) is 19.1 Å². The standard InChI is InChI=1S/C17H21N5O2S/c1-12-15(25-16(20-12)13-5-3-4-6-19-13)17(24)22-9-7-21(8-10-22)11-14(23)18-2/h3-6H,7-11H2,1-2H3,(H,18,23). The lowest BCUT2D eigenvalue weighted by Crippen LogP contribution is -2.50. The van der Waals surface area contributed by atoms with E-state index in [1.54, 1.807) is 13.2 Å². The van der Waals surface area contributed by atoms with E-state index in [2.05, 4.69) is 20.2 Å². The summed E-state index contributed by atoms with van der Waals surface area (Å²) in [6.07, 6.45) is 1.72. The number of pyridine rings is 1. The second-order valence-corrected chi connectivity index (χ2v) is 6.89. The number of hydrogen-bond donors (Lipinski definition) is 1. The number of piperazine rings is 1. The summed E-state index contributed by atoms with van der Waals surface area (Å²) < 4.78 is 0. The molecule has 7 nitrogen and oxygen atoms in total. The van der Waals surface area contributed by atoms with Gasteiger partial charge in [-0.3, -0.25) is 19.5 Å². The first-order valence-corrected chi connectivity index (χ1v) is 9.01. The summed E-state index contributed by atoms with van der Waals surface area (Å²) >= 11 is 1.39. The molecule has 0 spiro atoms. The number of aryl methyl sites for hydroxylation is 1. The van der Waals surface area contributed by atoms with Gasteiger partial charge in [0.1, 0.15) is 9.88 Å². The van der Waals surface area contributed by atoms with Gasteiger partial charge in [0, 0.05) is 39.4 Å². The average Bonchev–Trinajstić information content (AvgIpc) is 3.04. The predicted octanol–water partition coefficient (Wildman–Crippen LogP) is 1.02. The monoisotopic (exact) mass is 359 g/mol. The minimum Gasteiger partial charge on any atom is -0.358 e. The van der Waals surface area contributed by atoms with E-state index < -0.39 is 0 Å². The molecule has 25 heavy (non-hydrogen) atoms. The fraction of sp³-hybridized carbons (Fsp3) is 0.412. The molecule has 0 aromatic carbocycles. The molecule has 2 aromatic heterocycles. The molecule has 2 aromatic rings. The summed E-state index contributed by atoms with van der Waals surface area (Å²) in [6.45, 7) is 4.87.